The highest BCUT2D eigenvalue weighted by atomic mass is 19.1. The first-order valence-corrected chi connectivity index (χ1v) is 6.61. The second-order valence-corrected chi connectivity index (χ2v) is 4.77. The van der Waals surface area contributed by atoms with Crippen LogP contribution in [0.1, 0.15) is 24.3 Å². The van der Waals surface area contributed by atoms with E-state index in [-0.39, 0.29) is 17.4 Å². The first kappa shape index (κ1) is 14.2. The van der Waals surface area contributed by atoms with E-state index in [2.05, 4.69) is 5.10 Å². The zero-order chi connectivity index (χ0) is 15.7. The molecule has 0 radical (unpaired) electrons. The van der Waals surface area contributed by atoms with Crippen LogP contribution in [-0.2, 0) is 9.53 Å². The summed E-state index contributed by atoms with van der Waals surface area (Å²) in [6.07, 6.45) is -0.795. The standard InChI is InChI=1S/C16H12F2N2O2/c1-10(21)20-16(11-5-3-2-4-6-11)22-15(19-20)13-9-12(17)7-8-14(13)18/h2-9,16H,1H3. The summed E-state index contributed by atoms with van der Waals surface area (Å²) in [7, 11) is 0. The number of hydrogen-bond donors (Lipinski definition) is 0. The number of halogens is 2. The predicted octanol–water partition coefficient (Wildman–Crippen LogP) is 3.20. The van der Waals surface area contributed by atoms with Gasteiger partial charge < -0.3 is 4.74 Å². The van der Waals surface area contributed by atoms with Crippen LogP contribution in [0.2, 0.25) is 0 Å². The second kappa shape index (κ2) is 5.55. The van der Waals surface area contributed by atoms with Gasteiger partial charge in [0.1, 0.15) is 11.6 Å². The minimum absolute atomic E-state index is 0.121. The Morgan fingerprint density at radius 1 is 1.18 bits per heavy atom. The van der Waals surface area contributed by atoms with Crippen LogP contribution < -0.4 is 0 Å². The zero-order valence-electron chi connectivity index (χ0n) is 11.7. The Labute approximate surface area is 125 Å². The number of carbonyl (C=O) groups excluding carboxylic acids is 1. The lowest BCUT2D eigenvalue weighted by Gasteiger charge is -2.19. The molecule has 1 heterocycles. The SMILES string of the molecule is CC(=O)N1N=C(c2cc(F)ccc2F)OC1c1ccccc1. The van der Waals surface area contributed by atoms with Crippen molar-refractivity contribution in [1.29, 1.82) is 0 Å². The van der Waals surface area contributed by atoms with Gasteiger partial charge >= 0.3 is 0 Å². The molecule has 4 nitrogen and oxygen atoms in total. The van der Waals surface area contributed by atoms with Crippen molar-refractivity contribution in [2.24, 2.45) is 5.10 Å². The van der Waals surface area contributed by atoms with Crippen LogP contribution in [0.15, 0.2) is 53.6 Å². The predicted molar refractivity (Wildman–Crippen MR) is 75.7 cm³/mol. The highest BCUT2D eigenvalue weighted by Gasteiger charge is 2.34. The molecule has 1 unspecified atom stereocenters. The maximum atomic E-state index is 13.8. The first-order valence-electron chi connectivity index (χ1n) is 6.61. The summed E-state index contributed by atoms with van der Waals surface area (Å²) in [4.78, 5) is 11.7. The van der Waals surface area contributed by atoms with Crippen molar-refractivity contribution in [3.8, 4) is 0 Å². The lowest BCUT2D eigenvalue weighted by molar-refractivity contribution is -0.135. The number of carbonyl (C=O) groups is 1. The summed E-state index contributed by atoms with van der Waals surface area (Å²) in [5.41, 5.74) is 0.568. The maximum Gasteiger partial charge on any atom is 0.244 e. The Morgan fingerprint density at radius 2 is 1.91 bits per heavy atom. The van der Waals surface area contributed by atoms with E-state index >= 15 is 0 Å². The first-order chi connectivity index (χ1) is 10.6. The molecule has 1 aliphatic heterocycles. The summed E-state index contributed by atoms with van der Waals surface area (Å²) in [5.74, 6) is -1.76. The Balaban J connectivity index is 2.00. The fraction of sp³-hybridized carbons (Fsp3) is 0.125. The Morgan fingerprint density at radius 3 is 2.59 bits per heavy atom. The molecule has 1 amide bonds. The lowest BCUT2D eigenvalue weighted by Crippen LogP contribution is -2.25. The molecule has 0 aromatic heterocycles. The van der Waals surface area contributed by atoms with Gasteiger partial charge in [-0.25, -0.2) is 8.78 Å². The molecule has 112 valence electrons. The van der Waals surface area contributed by atoms with Crippen molar-refractivity contribution < 1.29 is 18.3 Å². The molecule has 1 atom stereocenters. The molecule has 2 aromatic carbocycles. The molecule has 0 aliphatic carbocycles. The number of amides is 1. The molecule has 0 bridgehead atoms. The van der Waals surface area contributed by atoms with Gasteiger partial charge in [-0.05, 0) is 18.2 Å². The van der Waals surface area contributed by atoms with Crippen molar-refractivity contribution in [1.82, 2.24) is 5.01 Å². The summed E-state index contributed by atoms with van der Waals surface area (Å²) in [6, 6.07) is 11.9. The third kappa shape index (κ3) is 2.55. The van der Waals surface area contributed by atoms with Gasteiger partial charge in [-0.15, -0.1) is 5.10 Å². The highest BCUT2D eigenvalue weighted by molar-refractivity contribution is 5.96. The van der Waals surface area contributed by atoms with Crippen molar-refractivity contribution in [2.75, 3.05) is 0 Å². The van der Waals surface area contributed by atoms with E-state index in [4.69, 9.17) is 4.74 Å². The molecule has 0 saturated heterocycles. The number of rotatable bonds is 2. The maximum absolute atomic E-state index is 13.8. The zero-order valence-corrected chi connectivity index (χ0v) is 11.7. The van der Waals surface area contributed by atoms with Gasteiger partial charge in [0, 0.05) is 12.5 Å². The van der Waals surface area contributed by atoms with Crippen LogP contribution in [0.4, 0.5) is 8.78 Å². The van der Waals surface area contributed by atoms with Gasteiger partial charge in [0.25, 0.3) is 0 Å². The molecule has 0 spiro atoms. The fourth-order valence-electron chi connectivity index (χ4n) is 2.17. The fourth-order valence-corrected chi connectivity index (χ4v) is 2.17. The molecule has 0 fully saturated rings. The Hall–Kier alpha value is -2.76. The minimum atomic E-state index is -0.795. The van der Waals surface area contributed by atoms with E-state index in [0.717, 1.165) is 23.2 Å². The summed E-state index contributed by atoms with van der Waals surface area (Å²) < 4.78 is 32.8. The number of nitrogens with zero attached hydrogens (tertiary/aromatic N) is 2. The van der Waals surface area contributed by atoms with Gasteiger partial charge in [0.15, 0.2) is 0 Å². The van der Waals surface area contributed by atoms with Crippen molar-refractivity contribution in [3.63, 3.8) is 0 Å². The van der Waals surface area contributed by atoms with Crippen LogP contribution in [0, 0.1) is 11.6 Å². The van der Waals surface area contributed by atoms with Gasteiger partial charge in [-0.2, -0.15) is 5.01 Å². The summed E-state index contributed by atoms with van der Waals surface area (Å²) in [5, 5.41) is 5.10. The molecule has 1 aliphatic rings. The van der Waals surface area contributed by atoms with Crippen LogP contribution in [-0.4, -0.2) is 16.8 Å². The smallest absolute Gasteiger partial charge is 0.244 e. The van der Waals surface area contributed by atoms with E-state index in [1.54, 1.807) is 24.3 Å². The molecule has 2 aromatic rings. The van der Waals surface area contributed by atoms with E-state index in [1.165, 1.54) is 6.92 Å². The van der Waals surface area contributed by atoms with Gasteiger partial charge in [-0.1, -0.05) is 30.3 Å². The number of ether oxygens (including phenoxy) is 1. The van der Waals surface area contributed by atoms with Crippen LogP contribution in [0.3, 0.4) is 0 Å². The molecular weight excluding hydrogens is 290 g/mol. The average molecular weight is 302 g/mol. The van der Waals surface area contributed by atoms with Gasteiger partial charge in [0.2, 0.25) is 18.0 Å². The van der Waals surface area contributed by atoms with E-state index in [9.17, 15) is 13.6 Å². The minimum Gasteiger partial charge on any atom is -0.446 e. The second-order valence-electron chi connectivity index (χ2n) is 4.77. The number of hydrogen-bond acceptors (Lipinski definition) is 3. The third-order valence-corrected chi connectivity index (χ3v) is 3.21. The van der Waals surface area contributed by atoms with Crippen molar-refractivity contribution in [3.05, 3.63) is 71.3 Å². The van der Waals surface area contributed by atoms with E-state index < -0.39 is 17.9 Å². The number of benzene rings is 2. The molecule has 0 saturated carbocycles. The van der Waals surface area contributed by atoms with Crippen molar-refractivity contribution >= 4 is 11.8 Å². The van der Waals surface area contributed by atoms with Gasteiger partial charge in [-0.3, -0.25) is 4.79 Å². The van der Waals surface area contributed by atoms with Crippen molar-refractivity contribution in [2.45, 2.75) is 13.2 Å². The molecule has 22 heavy (non-hydrogen) atoms. The number of hydrazone groups is 1. The van der Waals surface area contributed by atoms with Crippen LogP contribution >= 0.6 is 0 Å². The van der Waals surface area contributed by atoms with E-state index in [0.29, 0.717) is 5.56 Å². The third-order valence-electron chi connectivity index (χ3n) is 3.21. The quantitative estimate of drug-likeness (QED) is 0.855. The van der Waals surface area contributed by atoms with Crippen LogP contribution in [0.5, 0.6) is 0 Å². The largest absolute Gasteiger partial charge is 0.446 e. The van der Waals surface area contributed by atoms with Crippen LogP contribution in [0.25, 0.3) is 0 Å². The molecule has 6 heteroatoms. The van der Waals surface area contributed by atoms with Gasteiger partial charge in [0.05, 0.1) is 5.56 Å². The monoisotopic (exact) mass is 302 g/mol. The van der Waals surface area contributed by atoms with E-state index in [1.807, 2.05) is 6.07 Å². The average Bonchev–Trinajstić information content (AvgIpc) is 2.96. The summed E-state index contributed by atoms with van der Waals surface area (Å²) in [6.45, 7) is 1.33. The molecule has 0 N–H and O–H groups in total. The lowest BCUT2D eigenvalue weighted by atomic mass is 10.2. The highest BCUT2D eigenvalue weighted by Crippen LogP contribution is 2.30. The molecule has 3 rings (SSSR count). The molecular formula is C16H12F2N2O2. The Kier molecular flexibility index (Phi) is 3.58. The Bertz CT molecular complexity index is 747. The summed E-state index contributed by atoms with van der Waals surface area (Å²) >= 11 is 0. The normalized spacial score (nSPS) is 17.1. The topological polar surface area (TPSA) is 41.9 Å².